The summed E-state index contributed by atoms with van der Waals surface area (Å²) in [5.41, 5.74) is -2.89. The molecule has 0 N–H and O–H groups in total. The monoisotopic (exact) mass is 549 g/mol. The van der Waals surface area contributed by atoms with Crippen LogP contribution < -0.4 is 4.90 Å². The topological polar surface area (TPSA) is 106 Å². The Bertz CT molecular complexity index is 1400. The summed E-state index contributed by atoms with van der Waals surface area (Å²) in [5, 5.41) is 3.44. The molecule has 8 nitrogen and oxygen atoms in total. The molecule has 2 heterocycles. The minimum absolute atomic E-state index is 0.264. The third kappa shape index (κ3) is 4.89. The Morgan fingerprint density at radius 1 is 1.03 bits per heavy atom. The van der Waals surface area contributed by atoms with Crippen LogP contribution in [-0.2, 0) is 21.9 Å². The van der Waals surface area contributed by atoms with Crippen molar-refractivity contribution >= 4 is 43.2 Å². The van der Waals surface area contributed by atoms with E-state index >= 15 is 0 Å². The van der Waals surface area contributed by atoms with Gasteiger partial charge in [-0.1, -0.05) is 18.3 Å². The molecule has 1 amide bonds. The first-order chi connectivity index (χ1) is 15.9. The van der Waals surface area contributed by atoms with Crippen LogP contribution in [0.1, 0.15) is 28.0 Å². The van der Waals surface area contributed by atoms with Crippen LogP contribution in [0.4, 0.5) is 40.3 Å². The van der Waals surface area contributed by atoms with Crippen LogP contribution in [0.15, 0.2) is 23.2 Å². The fourth-order valence-electron chi connectivity index (χ4n) is 2.62. The van der Waals surface area contributed by atoms with E-state index in [0.29, 0.717) is 17.2 Å². The van der Waals surface area contributed by atoms with Crippen LogP contribution >= 0.6 is 11.3 Å². The number of amides is 1. The Labute approximate surface area is 194 Å². The second-order valence-electron chi connectivity index (χ2n) is 6.82. The highest BCUT2D eigenvalue weighted by Crippen LogP contribution is 2.45. The number of sulfone groups is 1. The molecule has 0 atom stereocenters. The van der Waals surface area contributed by atoms with Gasteiger partial charge in [-0.2, -0.15) is 35.1 Å². The molecule has 0 saturated heterocycles. The zero-order valence-corrected chi connectivity index (χ0v) is 18.9. The van der Waals surface area contributed by atoms with Crippen LogP contribution in [0.3, 0.4) is 0 Å². The van der Waals surface area contributed by atoms with Gasteiger partial charge in [-0.15, -0.1) is 10.2 Å². The van der Waals surface area contributed by atoms with Gasteiger partial charge in [-0.25, -0.2) is 13.4 Å². The summed E-state index contributed by atoms with van der Waals surface area (Å²) in [6.07, 6.45) is -10.5. The Hall–Kier alpha value is -3.02. The molecule has 3 rings (SSSR count). The third-order valence-electron chi connectivity index (χ3n) is 4.51. The number of halogens is 8. The van der Waals surface area contributed by atoms with E-state index in [1.165, 1.54) is 6.92 Å². The maximum absolute atomic E-state index is 13.5. The molecule has 2 aromatic heterocycles. The van der Waals surface area contributed by atoms with Crippen LogP contribution in [0.2, 0.25) is 0 Å². The van der Waals surface area contributed by atoms with Crippen molar-refractivity contribution < 1.29 is 48.3 Å². The van der Waals surface area contributed by atoms with Crippen molar-refractivity contribution in [3.63, 3.8) is 0 Å². The quantitative estimate of drug-likeness (QED) is 0.439. The average molecular weight is 549 g/mol. The average Bonchev–Trinajstić information content (AvgIpc) is 3.26. The van der Waals surface area contributed by atoms with Gasteiger partial charge in [0.25, 0.3) is 5.91 Å². The van der Waals surface area contributed by atoms with Gasteiger partial charge in [0.1, 0.15) is 0 Å². The number of hydrogen-bond acceptors (Lipinski definition) is 8. The van der Waals surface area contributed by atoms with Gasteiger partial charge in [0.2, 0.25) is 5.13 Å². The number of rotatable bonds is 5. The molecule has 18 heteroatoms. The lowest BCUT2D eigenvalue weighted by molar-refractivity contribution is -0.289. The third-order valence-corrected chi connectivity index (χ3v) is 7.35. The van der Waals surface area contributed by atoms with Gasteiger partial charge in [0.05, 0.1) is 33.4 Å². The molecule has 0 aliphatic heterocycles. The number of fused-ring (bicyclic) bond motifs is 1. The lowest BCUT2D eigenvalue weighted by atomic mass is 10.1. The smallest absolute Gasteiger partial charge is 0.286 e. The predicted molar refractivity (Wildman–Crippen MR) is 105 cm³/mol. The summed E-state index contributed by atoms with van der Waals surface area (Å²) in [6, 6.07) is 1.51. The highest BCUT2D eigenvalue weighted by atomic mass is 32.2. The van der Waals surface area contributed by atoms with Gasteiger partial charge < -0.3 is 0 Å². The Balaban J connectivity index is 2.13. The van der Waals surface area contributed by atoms with Crippen LogP contribution in [0, 0.1) is 0 Å². The first kappa shape index (κ1) is 26.6. The molecule has 3 aromatic rings. The predicted octanol–water partition coefficient (Wildman–Crippen LogP) is 4.22. The number of carbonyl (C=O) groups excluding carboxylic acids is 1. The summed E-state index contributed by atoms with van der Waals surface area (Å²) in [7, 11) is -3.36. The molecule has 0 aliphatic carbocycles. The number of aromatic nitrogens is 4. The van der Waals surface area contributed by atoms with E-state index in [2.05, 4.69) is 20.2 Å². The molecular formula is C17H11F8N5O3S2. The maximum atomic E-state index is 13.5. The van der Waals surface area contributed by atoms with Crippen LogP contribution in [-0.4, -0.2) is 53.5 Å². The second kappa shape index (κ2) is 8.58. The summed E-state index contributed by atoms with van der Waals surface area (Å²) >= 11 is -0.264. The number of alkyl halides is 8. The van der Waals surface area contributed by atoms with Gasteiger partial charge in [0.15, 0.2) is 20.5 Å². The molecule has 190 valence electrons. The normalized spacial score (nSPS) is 13.3. The van der Waals surface area contributed by atoms with E-state index in [1.807, 2.05) is 0 Å². The summed E-state index contributed by atoms with van der Waals surface area (Å²) in [6.45, 7) is 1.19. The van der Waals surface area contributed by atoms with Crippen LogP contribution in [0.25, 0.3) is 11.0 Å². The van der Waals surface area contributed by atoms with E-state index < -0.39 is 71.6 Å². The molecule has 1 aromatic carbocycles. The van der Waals surface area contributed by atoms with Crippen molar-refractivity contribution in [1.82, 2.24) is 20.2 Å². The molecule has 0 radical (unpaired) electrons. The summed E-state index contributed by atoms with van der Waals surface area (Å²) in [4.78, 5) is 19.6. The highest BCUT2D eigenvalue weighted by molar-refractivity contribution is 7.91. The fraction of sp³-hybridized carbons (Fsp3) is 0.353. The van der Waals surface area contributed by atoms with Gasteiger partial charge in [0, 0.05) is 7.05 Å². The number of hydrogen-bond donors (Lipinski definition) is 0. The standard InChI is InChI=1S/C17H11F8N5O3S2/c1-3-35(32,33)10-5-9-8(26-6-11(27-9)16(20,21)22)4-7(10)12(31)30(2)14-29-28-13(34-14)15(18,19)17(23,24)25/h4-6H,3H2,1-2H3. The Morgan fingerprint density at radius 2 is 1.66 bits per heavy atom. The minimum Gasteiger partial charge on any atom is -0.286 e. The maximum Gasteiger partial charge on any atom is 0.460 e. The molecule has 35 heavy (non-hydrogen) atoms. The molecule has 0 aliphatic rings. The van der Waals surface area contributed by atoms with Gasteiger partial charge in [-0.3, -0.25) is 14.7 Å². The van der Waals surface area contributed by atoms with Crippen molar-refractivity contribution in [1.29, 1.82) is 0 Å². The van der Waals surface area contributed by atoms with Crippen molar-refractivity contribution in [3.8, 4) is 0 Å². The van der Waals surface area contributed by atoms with Gasteiger partial charge in [-0.05, 0) is 12.1 Å². The number of anilines is 1. The van der Waals surface area contributed by atoms with E-state index in [4.69, 9.17) is 0 Å². The summed E-state index contributed by atoms with van der Waals surface area (Å²) in [5.74, 6) is -7.19. The molecular weight excluding hydrogens is 538 g/mol. The molecule has 0 bridgehead atoms. The lowest BCUT2D eigenvalue weighted by Crippen LogP contribution is -2.33. The number of carbonyl (C=O) groups is 1. The number of benzene rings is 1. The Morgan fingerprint density at radius 3 is 2.20 bits per heavy atom. The largest absolute Gasteiger partial charge is 0.460 e. The first-order valence-corrected chi connectivity index (χ1v) is 11.5. The van der Waals surface area contributed by atoms with Crippen LogP contribution in [0.5, 0.6) is 0 Å². The summed E-state index contributed by atoms with van der Waals surface area (Å²) < 4.78 is 129. The fourth-order valence-corrected chi connectivity index (χ4v) is 4.51. The van der Waals surface area contributed by atoms with E-state index in [0.717, 1.165) is 13.1 Å². The zero-order chi connectivity index (χ0) is 26.6. The van der Waals surface area contributed by atoms with Crippen molar-refractivity contribution in [2.45, 2.75) is 30.1 Å². The molecule has 0 unspecified atom stereocenters. The minimum atomic E-state index is -5.99. The highest BCUT2D eigenvalue weighted by Gasteiger charge is 2.61. The second-order valence-corrected chi connectivity index (χ2v) is 10.0. The van der Waals surface area contributed by atoms with E-state index in [-0.39, 0.29) is 16.9 Å². The van der Waals surface area contributed by atoms with Crippen molar-refractivity contribution in [3.05, 3.63) is 34.6 Å². The lowest BCUT2D eigenvalue weighted by Gasteiger charge is -2.17. The van der Waals surface area contributed by atoms with E-state index in [1.54, 1.807) is 0 Å². The van der Waals surface area contributed by atoms with Gasteiger partial charge >= 0.3 is 18.3 Å². The molecule has 0 fully saturated rings. The van der Waals surface area contributed by atoms with Crippen molar-refractivity contribution in [2.75, 3.05) is 17.7 Å². The number of nitrogens with zero attached hydrogens (tertiary/aromatic N) is 5. The SMILES string of the molecule is CCS(=O)(=O)c1cc2nc(C(F)(F)F)cnc2cc1C(=O)N(C)c1nnc(C(F)(F)C(F)(F)F)s1. The van der Waals surface area contributed by atoms with E-state index in [9.17, 15) is 48.3 Å². The molecule has 0 saturated carbocycles. The first-order valence-electron chi connectivity index (χ1n) is 9.07. The molecule has 0 spiro atoms. The van der Waals surface area contributed by atoms with Crippen molar-refractivity contribution in [2.24, 2.45) is 0 Å². The zero-order valence-electron chi connectivity index (χ0n) is 17.2. The Kier molecular flexibility index (Phi) is 6.51.